The maximum atomic E-state index is 9.13. The highest BCUT2D eigenvalue weighted by atomic mass is 35.5. The van der Waals surface area contributed by atoms with E-state index in [9.17, 15) is 0 Å². The molecule has 0 amide bonds. The molecule has 2 rings (SSSR count). The molecule has 1 aromatic carbocycles. The van der Waals surface area contributed by atoms with Crippen LogP contribution in [0.3, 0.4) is 0 Å². The third kappa shape index (κ3) is 2.71. The van der Waals surface area contributed by atoms with Crippen molar-refractivity contribution in [1.29, 1.82) is 5.26 Å². The zero-order chi connectivity index (χ0) is 12.3. The fraction of sp³-hybridized carbons (Fsp3) is 0.462. The number of rotatable bonds is 2. The van der Waals surface area contributed by atoms with Gasteiger partial charge in [0.15, 0.2) is 0 Å². The summed E-state index contributed by atoms with van der Waals surface area (Å²) in [7, 11) is 0. The highest BCUT2D eigenvalue weighted by Gasteiger charge is 2.18. The van der Waals surface area contributed by atoms with Crippen molar-refractivity contribution in [3.8, 4) is 6.07 Å². The van der Waals surface area contributed by atoms with Gasteiger partial charge in [-0.05, 0) is 24.7 Å². The molecule has 1 heterocycles. The van der Waals surface area contributed by atoms with Gasteiger partial charge in [-0.1, -0.05) is 18.5 Å². The summed E-state index contributed by atoms with van der Waals surface area (Å²) in [6.45, 7) is 7.35. The van der Waals surface area contributed by atoms with E-state index in [4.69, 9.17) is 16.9 Å². The van der Waals surface area contributed by atoms with Crippen LogP contribution in [-0.4, -0.2) is 37.6 Å². The molecular weight excluding hydrogens is 234 g/mol. The summed E-state index contributed by atoms with van der Waals surface area (Å²) in [4.78, 5) is 4.68. The Hall–Kier alpha value is -1.24. The molecule has 0 aliphatic carbocycles. The first kappa shape index (κ1) is 12.2. The minimum absolute atomic E-state index is 0.623. The predicted octanol–water partition coefficient (Wildman–Crippen LogP) is 2.35. The average Bonchev–Trinajstić information content (AvgIpc) is 2.39. The second kappa shape index (κ2) is 5.39. The number of benzene rings is 1. The summed E-state index contributed by atoms with van der Waals surface area (Å²) in [5, 5.41) is 9.75. The molecule has 4 heteroatoms. The Morgan fingerprint density at radius 2 is 2.00 bits per heavy atom. The Morgan fingerprint density at radius 3 is 2.59 bits per heavy atom. The number of hydrogen-bond acceptors (Lipinski definition) is 3. The van der Waals surface area contributed by atoms with E-state index in [0.29, 0.717) is 10.6 Å². The van der Waals surface area contributed by atoms with E-state index in [1.807, 2.05) is 12.1 Å². The molecule has 0 saturated carbocycles. The van der Waals surface area contributed by atoms with Gasteiger partial charge in [-0.15, -0.1) is 0 Å². The lowest BCUT2D eigenvalue weighted by Gasteiger charge is -2.35. The SMILES string of the molecule is CCN1CCN(c2ccc(Cl)cc2C#N)CC1. The van der Waals surface area contributed by atoms with E-state index in [2.05, 4.69) is 22.8 Å². The minimum atomic E-state index is 0.623. The molecule has 17 heavy (non-hydrogen) atoms. The molecule has 1 aromatic rings. The molecular formula is C13H16ClN3. The molecule has 1 aliphatic rings. The van der Waals surface area contributed by atoms with Gasteiger partial charge in [-0.3, -0.25) is 0 Å². The zero-order valence-electron chi connectivity index (χ0n) is 9.99. The summed E-state index contributed by atoms with van der Waals surface area (Å²) >= 11 is 5.90. The van der Waals surface area contributed by atoms with Crippen LogP contribution in [0.15, 0.2) is 18.2 Å². The fourth-order valence-electron chi connectivity index (χ4n) is 2.18. The van der Waals surface area contributed by atoms with Gasteiger partial charge >= 0.3 is 0 Å². The van der Waals surface area contributed by atoms with Gasteiger partial charge in [0, 0.05) is 31.2 Å². The second-order valence-corrected chi connectivity index (χ2v) is 4.63. The summed E-state index contributed by atoms with van der Waals surface area (Å²) < 4.78 is 0. The van der Waals surface area contributed by atoms with Crippen LogP contribution < -0.4 is 4.90 Å². The molecule has 3 nitrogen and oxygen atoms in total. The summed E-state index contributed by atoms with van der Waals surface area (Å²) in [6, 6.07) is 7.76. The second-order valence-electron chi connectivity index (χ2n) is 4.19. The summed E-state index contributed by atoms with van der Waals surface area (Å²) in [5.74, 6) is 0. The van der Waals surface area contributed by atoms with Gasteiger partial charge < -0.3 is 9.80 Å². The first-order valence-electron chi connectivity index (χ1n) is 5.91. The summed E-state index contributed by atoms with van der Waals surface area (Å²) in [5.41, 5.74) is 1.68. The Kier molecular flexibility index (Phi) is 3.88. The first-order chi connectivity index (χ1) is 8.24. The molecule has 0 radical (unpaired) electrons. The molecule has 0 bridgehead atoms. The van der Waals surface area contributed by atoms with Crippen molar-refractivity contribution in [2.75, 3.05) is 37.6 Å². The highest BCUT2D eigenvalue weighted by molar-refractivity contribution is 6.30. The van der Waals surface area contributed by atoms with Crippen LogP contribution >= 0.6 is 11.6 Å². The Balaban J connectivity index is 2.16. The van der Waals surface area contributed by atoms with Gasteiger partial charge in [0.1, 0.15) is 6.07 Å². The number of piperazine rings is 1. The molecule has 1 aliphatic heterocycles. The van der Waals surface area contributed by atoms with Crippen molar-refractivity contribution >= 4 is 17.3 Å². The van der Waals surface area contributed by atoms with Gasteiger partial charge in [0.25, 0.3) is 0 Å². The van der Waals surface area contributed by atoms with Crippen molar-refractivity contribution < 1.29 is 0 Å². The number of hydrogen-bond donors (Lipinski definition) is 0. The van der Waals surface area contributed by atoms with Gasteiger partial charge in [-0.25, -0.2) is 0 Å². The third-order valence-electron chi connectivity index (χ3n) is 3.24. The zero-order valence-corrected chi connectivity index (χ0v) is 10.7. The normalized spacial score (nSPS) is 16.9. The lowest BCUT2D eigenvalue weighted by molar-refractivity contribution is 0.271. The van der Waals surface area contributed by atoms with Gasteiger partial charge in [0.05, 0.1) is 11.3 Å². The van der Waals surface area contributed by atoms with Crippen LogP contribution in [0.4, 0.5) is 5.69 Å². The fourth-order valence-corrected chi connectivity index (χ4v) is 2.35. The Bertz CT molecular complexity index is 431. The van der Waals surface area contributed by atoms with Gasteiger partial charge in [0.2, 0.25) is 0 Å². The molecule has 90 valence electrons. The monoisotopic (exact) mass is 249 g/mol. The first-order valence-corrected chi connectivity index (χ1v) is 6.29. The standard InChI is InChI=1S/C13H16ClN3/c1-2-16-5-7-17(8-6-16)13-4-3-12(14)9-11(13)10-15/h3-4,9H,2,5-8H2,1H3. The third-order valence-corrected chi connectivity index (χ3v) is 3.47. The van der Waals surface area contributed by atoms with E-state index in [1.165, 1.54) is 0 Å². The van der Waals surface area contributed by atoms with Crippen LogP contribution in [0.25, 0.3) is 0 Å². The van der Waals surface area contributed by atoms with E-state index < -0.39 is 0 Å². The number of anilines is 1. The van der Waals surface area contributed by atoms with E-state index >= 15 is 0 Å². The lowest BCUT2D eigenvalue weighted by atomic mass is 10.1. The van der Waals surface area contributed by atoms with Crippen molar-refractivity contribution in [3.63, 3.8) is 0 Å². The van der Waals surface area contributed by atoms with Crippen molar-refractivity contribution in [2.45, 2.75) is 6.92 Å². The predicted molar refractivity (Wildman–Crippen MR) is 70.5 cm³/mol. The molecule has 0 N–H and O–H groups in total. The van der Waals surface area contributed by atoms with E-state index in [1.54, 1.807) is 6.07 Å². The maximum Gasteiger partial charge on any atom is 0.101 e. The Morgan fingerprint density at radius 1 is 1.29 bits per heavy atom. The largest absolute Gasteiger partial charge is 0.368 e. The molecule has 0 spiro atoms. The summed E-state index contributed by atoms with van der Waals surface area (Å²) in [6.07, 6.45) is 0. The number of nitrogens with zero attached hydrogens (tertiary/aromatic N) is 3. The number of likely N-dealkylation sites (N-methyl/N-ethyl adjacent to an activating group) is 1. The number of nitriles is 1. The number of halogens is 1. The van der Waals surface area contributed by atoms with E-state index in [-0.39, 0.29) is 0 Å². The van der Waals surface area contributed by atoms with Crippen molar-refractivity contribution in [1.82, 2.24) is 4.90 Å². The molecule has 0 aromatic heterocycles. The smallest absolute Gasteiger partial charge is 0.101 e. The molecule has 1 saturated heterocycles. The minimum Gasteiger partial charge on any atom is -0.368 e. The van der Waals surface area contributed by atoms with Crippen LogP contribution in [0.2, 0.25) is 5.02 Å². The topological polar surface area (TPSA) is 30.3 Å². The molecule has 0 atom stereocenters. The highest BCUT2D eigenvalue weighted by Crippen LogP contribution is 2.24. The molecule has 0 unspecified atom stereocenters. The molecule has 1 fully saturated rings. The lowest BCUT2D eigenvalue weighted by Crippen LogP contribution is -2.46. The van der Waals surface area contributed by atoms with Crippen LogP contribution in [0.1, 0.15) is 12.5 Å². The van der Waals surface area contributed by atoms with Crippen molar-refractivity contribution in [3.05, 3.63) is 28.8 Å². The average molecular weight is 250 g/mol. The van der Waals surface area contributed by atoms with Crippen LogP contribution in [-0.2, 0) is 0 Å². The van der Waals surface area contributed by atoms with Crippen LogP contribution in [0.5, 0.6) is 0 Å². The van der Waals surface area contributed by atoms with Gasteiger partial charge in [-0.2, -0.15) is 5.26 Å². The Labute approximate surface area is 107 Å². The van der Waals surface area contributed by atoms with Crippen molar-refractivity contribution in [2.24, 2.45) is 0 Å². The van der Waals surface area contributed by atoms with E-state index in [0.717, 1.165) is 38.4 Å². The van der Waals surface area contributed by atoms with Crippen LogP contribution in [0, 0.1) is 11.3 Å². The quantitative estimate of drug-likeness (QED) is 0.806. The maximum absolute atomic E-state index is 9.13.